The molecule has 0 radical (unpaired) electrons. The number of furan rings is 1. The van der Waals surface area contributed by atoms with E-state index < -0.39 is 0 Å². The van der Waals surface area contributed by atoms with Crippen LogP contribution in [-0.4, -0.2) is 0 Å². The number of nitrogens with zero attached hydrogens (tertiary/aromatic N) is 1. The molecule has 0 fully saturated rings. The van der Waals surface area contributed by atoms with Gasteiger partial charge in [0.25, 0.3) is 0 Å². The molecule has 2 heteroatoms. The molecular weight excluding hydrogens is 390 g/mol. The lowest BCUT2D eigenvalue weighted by atomic mass is 9.91. The van der Waals surface area contributed by atoms with Crippen molar-refractivity contribution in [3.63, 3.8) is 0 Å². The summed E-state index contributed by atoms with van der Waals surface area (Å²) in [5, 5.41) is 2.29. The van der Waals surface area contributed by atoms with Gasteiger partial charge in [0.05, 0.1) is 0 Å². The van der Waals surface area contributed by atoms with Gasteiger partial charge in [0, 0.05) is 33.8 Å². The molecule has 1 aromatic heterocycles. The molecule has 4 aromatic carbocycles. The minimum atomic E-state index is 0.415. The monoisotopic (exact) mass is 413 g/mol. The lowest BCUT2D eigenvalue weighted by Crippen LogP contribution is -2.17. The van der Waals surface area contributed by atoms with Gasteiger partial charge in [-0.1, -0.05) is 78.9 Å². The van der Waals surface area contributed by atoms with Crippen LogP contribution in [0, 0.1) is 0 Å². The van der Waals surface area contributed by atoms with Crippen LogP contribution in [-0.2, 0) is 0 Å². The molecule has 0 spiro atoms. The third-order valence-corrected chi connectivity index (χ3v) is 6.20. The summed E-state index contributed by atoms with van der Waals surface area (Å²) in [6.07, 6.45) is 7.91. The molecule has 1 aliphatic rings. The van der Waals surface area contributed by atoms with Crippen molar-refractivity contribution in [2.45, 2.75) is 12.3 Å². The van der Waals surface area contributed by atoms with E-state index in [-0.39, 0.29) is 0 Å². The SMILES string of the molecule is C1=CC(c2ccccc2)CC=C1N(c1ccccc1)c1ccc2oc3ccccc3c2c1. The van der Waals surface area contributed by atoms with Crippen molar-refractivity contribution in [1.82, 2.24) is 0 Å². The van der Waals surface area contributed by atoms with E-state index in [1.54, 1.807) is 0 Å². The van der Waals surface area contributed by atoms with Crippen LogP contribution in [0.2, 0.25) is 0 Å². The first-order chi connectivity index (χ1) is 15.9. The lowest BCUT2D eigenvalue weighted by molar-refractivity contribution is 0.669. The van der Waals surface area contributed by atoms with Crippen LogP contribution in [0.3, 0.4) is 0 Å². The van der Waals surface area contributed by atoms with Gasteiger partial charge in [-0.25, -0.2) is 0 Å². The molecule has 0 saturated heterocycles. The first-order valence-corrected chi connectivity index (χ1v) is 11.1. The van der Waals surface area contributed by atoms with Gasteiger partial charge < -0.3 is 9.32 Å². The Hall–Kier alpha value is -4.04. The molecule has 1 aliphatic carbocycles. The summed E-state index contributed by atoms with van der Waals surface area (Å²) in [5.74, 6) is 0.415. The summed E-state index contributed by atoms with van der Waals surface area (Å²) in [6.45, 7) is 0. The number of para-hydroxylation sites is 2. The first kappa shape index (κ1) is 18.7. The van der Waals surface area contributed by atoms with E-state index in [4.69, 9.17) is 4.42 Å². The van der Waals surface area contributed by atoms with E-state index in [1.807, 2.05) is 12.1 Å². The van der Waals surface area contributed by atoms with E-state index in [1.165, 1.54) is 11.3 Å². The normalized spacial score (nSPS) is 15.8. The highest BCUT2D eigenvalue weighted by Gasteiger charge is 2.19. The van der Waals surface area contributed by atoms with Gasteiger partial charge >= 0.3 is 0 Å². The number of hydrogen-bond acceptors (Lipinski definition) is 2. The van der Waals surface area contributed by atoms with Crippen LogP contribution < -0.4 is 4.90 Å². The van der Waals surface area contributed by atoms with Crippen molar-refractivity contribution in [3.05, 3.63) is 133 Å². The van der Waals surface area contributed by atoms with E-state index in [0.29, 0.717) is 5.92 Å². The summed E-state index contributed by atoms with van der Waals surface area (Å²) < 4.78 is 6.05. The van der Waals surface area contributed by atoms with Gasteiger partial charge in [-0.2, -0.15) is 0 Å². The second-order valence-corrected chi connectivity index (χ2v) is 8.19. The Balaban J connectivity index is 1.43. The van der Waals surface area contributed by atoms with E-state index in [2.05, 4.69) is 114 Å². The quantitative estimate of drug-likeness (QED) is 0.294. The molecule has 0 saturated carbocycles. The second kappa shape index (κ2) is 7.90. The van der Waals surface area contributed by atoms with Gasteiger partial charge in [-0.05, 0) is 54.5 Å². The zero-order valence-corrected chi connectivity index (χ0v) is 17.7. The van der Waals surface area contributed by atoms with Gasteiger partial charge in [-0.15, -0.1) is 0 Å². The summed E-state index contributed by atoms with van der Waals surface area (Å²) in [6, 6.07) is 36.0. The average molecular weight is 414 g/mol. The summed E-state index contributed by atoms with van der Waals surface area (Å²) in [7, 11) is 0. The average Bonchev–Trinajstić information content (AvgIpc) is 3.24. The zero-order valence-electron chi connectivity index (χ0n) is 17.7. The number of hydrogen-bond donors (Lipinski definition) is 0. The molecule has 1 atom stereocenters. The molecule has 32 heavy (non-hydrogen) atoms. The van der Waals surface area contributed by atoms with Crippen LogP contribution in [0.15, 0.2) is 131 Å². The second-order valence-electron chi connectivity index (χ2n) is 8.19. The summed E-state index contributed by atoms with van der Waals surface area (Å²) in [4.78, 5) is 2.33. The number of anilines is 2. The Morgan fingerprint density at radius 1 is 0.656 bits per heavy atom. The van der Waals surface area contributed by atoms with Crippen molar-refractivity contribution in [3.8, 4) is 0 Å². The van der Waals surface area contributed by atoms with Crippen LogP contribution in [0.4, 0.5) is 11.4 Å². The third kappa shape index (κ3) is 3.30. The van der Waals surface area contributed by atoms with Crippen molar-refractivity contribution < 1.29 is 4.42 Å². The molecule has 1 heterocycles. The number of benzene rings is 4. The maximum absolute atomic E-state index is 6.05. The van der Waals surface area contributed by atoms with Gasteiger partial charge in [0.15, 0.2) is 0 Å². The molecule has 2 nitrogen and oxygen atoms in total. The molecule has 5 aromatic rings. The Morgan fingerprint density at radius 3 is 2.16 bits per heavy atom. The molecule has 0 amide bonds. The maximum atomic E-state index is 6.05. The molecule has 1 unspecified atom stereocenters. The van der Waals surface area contributed by atoms with Crippen LogP contribution in [0.1, 0.15) is 17.9 Å². The van der Waals surface area contributed by atoms with Crippen molar-refractivity contribution in [2.24, 2.45) is 0 Å². The van der Waals surface area contributed by atoms with Gasteiger partial charge in [0.2, 0.25) is 0 Å². The van der Waals surface area contributed by atoms with Crippen LogP contribution in [0.25, 0.3) is 21.9 Å². The predicted molar refractivity (Wildman–Crippen MR) is 133 cm³/mol. The fourth-order valence-electron chi connectivity index (χ4n) is 4.60. The fraction of sp³-hybridized carbons (Fsp3) is 0.0667. The third-order valence-electron chi connectivity index (χ3n) is 6.20. The molecule has 0 N–H and O–H groups in total. The largest absolute Gasteiger partial charge is 0.456 e. The standard InChI is InChI=1S/C30H23NO/c1-3-9-22(10-4-1)23-15-17-25(18-16-23)31(24-11-5-2-6-12-24)26-19-20-30-28(21-26)27-13-7-8-14-29(27)32-30/h1-15,17-21,23H,16H2. The number of fused-ring (bicyclic) bond motifs is 3. The Morgan fingerprint density at radius 2 is 1.38 bits per heavy atom. The fourth-order valence-corrected chi connectivity index (χ4v) is 4.60. The molecule has 0 bridgehead atoms. The van der Waals surface area contributed by atoms with Crippen molar-refractivity contribution >= 4 is 33.3 Å². The van der Waals surface area contributed by atoms with E-state index >= 15 is 0 Å². The number of allylic oxidation sites excluding steroid dienone is 3. The molecule has 154 valence electrons. The molecule has 6 rings (SSSR count). The van der Waals surface area contributed by atoms with Crippen LogP contribution in [0.5, 0.6) is 0 Å². The Kier molecular flexibility index (Phi) is 4.62. The van der Waals surface area contributed by atoms with E-state index in [9.17, 15) is 0 Å². The predicted octanol–water partition coefficient (Wildman–Crippen LogP) is 8.35. The smallest absolute Gasteiger partial charge is 0.135 e. The summed E-state index contributed by atoms with van der Waals surface area (Å²) in [5.41, 5.74) is 6.67. The minimum absolute atomic E-state index is 0.415. The first-order valence-electron chi connectivity index (χ1n) is 11.1. The maximum Gasteiger partial charge on any atom is 0.135 e. The molecule has 0 aliphatic heterocycles. The van der Waals surface area contributed by atoms with Crippen molar-refractivity contribution in [1.29, 1.82) is 0 Å². The lowest BCUT2D eigenvalue weighted by Gasteiger charge is -2.29. The highest BCUT2D eigenvalue weighted by atomic mass is 16.3. The Labute approximate surface area is 187 Å². The molecular formula is C30H23NO. The van der Waals surface area contributed by atoms with Gasteiger partial charge in [-0.3, -0.25) is 0 Å². The van der Waals surface area contributed by atoms with Crippen LogP contribution >= 0.6 is 0 Å². The highest BCUT2D eigenvalue weighted by Crippen LogP contribution is 2.38. The number of rotatable bonds is 4. The topological polar surface area (TPSA) is 16.4 Å². The minimum Gasteiger partial charge on any atom is -0.456 e. The van der Waals surface area contributed by atoms with E-state index in [0.717, 1.165) is 39.7 Å². The van der Waals surface area contributed by atoms with Gasteiger partial charge in [0.1, 0.15) is 11.2 Å². The Bertz CT molecular complexity index is 1440. The van der Waals surface area contributed by atoms with Crippen molar-refractivity contribution in [2.75, 3.05) is 4.90 Å². The zero-order chi connectivity index (χ0) is 21.3. The highest BCUT2D eigenvalue weighted by molar-refractivity contribution is 6.06. The summed E-state index contributed by atoms with van der Waals surface area (Å²) >= 11 is 0.